The minimum atomic E-state index is -0.223. The van der Waals surface area contributed by atoms with Gasteiger partial charge in [-0.25, -0.2) is 0 Å². The van der Waals surface area contributed by atoms with Crippen molar-refractivity contribution in [1.29, 1.82) is 0 Å². The van der Waals surface area contributed by atoms with Crippen LogP contribution in [0.1, 0.15) is 12.5 Å². The van der Waals surface area contributed by atoms with E-state index >= 15 is 0 Å². The molecule has 1 N–H and O–H groups in total. The lowest BCUT2D eigenvalue weighted by Gasteiger charge is -2.04. The number of hydrogen-bond acceptors (Lipinski definition) is 4. The van der Waals surface area contributed by atoms with Gasteiger partial charge in [-0.3, -0.25) is 4.79 Å². The zero-order valence-corrected chi connectivity index (χ0v) is 11.2. The number of nitrogens with one attached hydrogen (secondary N) is 1. The van der Waals surface area contributed by atoms with Crippen molar-refractivity contribution in [3.05, 3.63) is 29.8 Å². The van der Waals surface area contributed by atoms with Crippen LogP contribution in [0.15, 0.2) is 29.2 Å². The molecule has 17 heavy (non-hydrogen) atoms. The van der Waals surface area contributed by atoms with Crippen molar-refractivity contribution in [2.75, 3.05) is 26.0 Å². The molecule has 0 spiro atoms. The van der Waals surface area contributed by atoms with Gasteiger partial charge in [0.1, 0.15) is 0 Å². The number of hydrogen-bond donors (Lipinski definition) is 1. The van der Waals surface area contributed by atoms with Crippen molar-refractivity contribution in [3.63, 3.8) is 0 Å². The monoisotopic (exact) mass is 253 g/mol. The Balaban J connectivity index is 2.25. The molecule has 4 heteroatoms. The molecule has 0 aliphatic rings. The fraction of sp³-hybridized carbons (Fsp3) is 0.462. The van der Waals surface area contributed by atoms with Gasteiger partial charge in [0.2, 0.25) is 0 Å². The van der Waals surface area contributed by atoms with E-state index in [-0.39, 0.29) is 12.5 Å². The molecule has 0 radical (unpaired) electrons. The van der Waals surface area contributed by atoms with E-state index in [1.54, 1.807) is 0 Å². The predicted molar refractivity (Wildman–Crippen MR) is 71.4 cm³/mol. The van der Waals surface area contributed by atoms with Crippen molar-refractivity contribution >= 4 is 17.7 Å². The summed E-state index contributed by atoms with van der Waals surface area (Å²) in [5.74, 6) is 0.875. The molecular weight excluding hydrogens is 234 g/mol. The van der Waals surface area contributed by atoms with Crippen LogP contribution in [0.3, 0.4) is 0 Å². The van der Waals surface area contributed by atoms with Gasteiger partial charge in [0, 0.05) is 4.90 Å². The van der Waals surface area contributed by atoms with E-state index in [0.29, 0.717) is 0 Å². The van der Waals surface area contributed by atoms with Crippen LogP contribution in [0, 0.1) is 0 Å². The van der Waals surface area contributed by atoms with Gasteiger partial charge in [-0.2, -0.15) is 0 Å². The molecule has 0 atom stereocenters. The summed E-state index contributed by atoms with van der Waals surface area (Å²) in [6.07, 6.45) is 0.925. The minimum Gasteiger partial charge on any atom is -0.468 e. The second-order valence-electron chi connectivity index (χ2n) is 3.58. The average Bonchev–Trinajstić information content (AvgIpc) is 2.36. The van der Waals surface area contributed by atoms with E-state index in [9.17, 15) is 4.79 Å². The molecule has 3 nitrogen and oxygen atoms in total. The Kier molecular flexibility index (Phi) is 6.74. The highest BCUT2D eigenvalue weighted by Gasteiger charge is 1.99. The molecule has 1 aromatic rings. The Labute approximate surface area is 107 Å². The lowest BCUT2D eigenvalue weighted by Crippen LogP contribution is -2.25. The maximum Gasteiger partial charge on any atom is 0.319 e. The summed E-state index contributed by atoms with van der Waals surface area (Å²) in [5, 5.41) is 3.04. The van der Waals surface area contributed by atoms with Crippen LogP contribution < -0.4 is 5.32 Å². The zero-order valence-electron chi connectivity index (χ0n) is 10.4. The largest absolute Gasteiger partial charge is 0.468 e. The van der Waals surface area contributed by atoms with E-state index in [1.807, 2.05) is 11.8 Å². The fourth-order valence-corrected chi connectivity index (χ4v) is 2.08. The molecule has 0 unspecified atom stereocenters. The first-order chi connectivity index (χ1) is 8.26. The van der Waals surface area contributed by atoms with Gasteiger partial charge >= 0.3 is 5.97 Å². The summed E-state index contributed by atoms with van der Waals surface area (Å²) < 4.78 is 4.54. The third-order valence-corrected chi connectivity index (χ3v) is 3.22. The topological polar surface area (TPSA) is 38.3 Å². The predicted octanol–water partition coefficient (Wildman–Crippen LogP) is 2.10. The number of carbonyl (C=O) groups is 1. The maximum atomic E-state index is 10.9. The number of carbonyl (C=O) groups excluding carboxylic acids is 1. The quantitative estimate of drug-likeness (QED) is 0.459. The van der Waals surface area contributed by atoms with Crippen LogP contribution in [0.5, 0.6) is 0 Å². The summed E-state index contributed by atoms with van der Waals surface area (Å²) in [4.78, 5) is 12.2. The van der Waals surface area contributed by atoms with Crippen LogP contribution in [0.25, 0.3) is 0 Å². The highest BCUT2D eigenvalue weighted by molar-refractivity contribution is 7.99. The SMILES string of the molecule is CCSc1ccc(CCNCC(=O)OC)cc1. The average molecular weight is 253 g/mol. The Morgan fingerprint density at radius 1 is 1.35 bits per heavy atom. The molecule has 0 aliphatic carbocycles. The van der Waals surface area contributed by atoms with Crippen LogP contribution in [-0.4, -0.2) is 31.9 Å². The van der Waals surface area contributed by atoms with Crippen molar-refractivity contribution in [2.24, 2.45) is 0 Å². The van der Waals surface area contributed by atoms with E-state index in [1.165, 1.54) is 17.6 Å². The van der Waals surface area contributed by atoms with Gasteiger partial charge in [0.15, 0.2) is 0 Å². The van der Waals surface area contributed by atoms with Crippen LogP contribution in [0.2, 0.25) is 0 Å². The molecule has 0 saturated heterocycles. The molecule has 0 fully saturated rings. The number of methoxy groups -OCH3 is 1. The van der Waals surface area contributed by atoms with Crippen molar-refractivity contribution in [3.8, 4) is 0 Å². The maximum absolute atomic E-state index is 10.9. The first-order valence-electron chi connectivity index (χ1n) is 5.75. The fourth-order valence-electron chi connectivity index (χ4n) is 1.41. The first kappa shape index (κ1) is 14.1. The zero-order chi connectivity index (χ0) is 12.5. The third-order valence-electron chi connectivity index (χ3n) is 2.32. The normalized spacial score (nSPS) is 10.2. The van der Waals surface area contributed by atoms with Crippen LogP contribution in [0.4, 0.5) is 0 Å². The van der Waals surface area contributed by atoms with Crippen LogP contribution in [-0.2, 0) is 16.0 Å². The Hall–Kier alpha value is -1.00. The number of thioether (sulfide) groups is 1. The van der Waals surface area contributed by atoms with Gasteiger partial charge < -0.3 is 10.1 Å². The van der Waals surface area contributed by atoms with E-state index in [0.717, 1.165) is 18.7 Å². The number of ether oxygens (including phenoxy) is 1. The number of benzene rings is 1. The van der Waals surface area contributed by atoms with E-state index < -0.39 is 0 Å². The van der Waals surface area contributed by atoms with Gasteiger partial charge in [-0.05, 0) is 36.4 Å². The molecule has 1 rings (SSSR count). The molecule has 0 aromatic heterocycles. The van der Waals surface area contributed by atoms with E-state index in [4.69, 9.17) is 0 Å². The highest BCUT2D eigenvalue weighted by Crippen LogP contribution is 2.17. The van der Waals surface area contributed by atoms with E-state index in [2.05, 4.69) is 41.2 Å². The molecule has 0 amide bonds. The summed E-state index contributed by atoms with van der Waals surface area (Å²) >= 11 is 1.84. The molecule has 1 aromatic carbocycles. The van der Waals surface area contributed by atoms with Crippen molar-refractivity contribution < 1.29 is 9.53 Å². The molecule has 0 bridgehead atoms. The molecule has 0 saturated carbocycles. The lowest BCUT2D eigenvalue weighted by atomic mass is 10.1. The second-order valence-corrected chi connectivity index (χ2v) is 4.92. The summed E-state index contributed by atoms with van der Waals surface area (Å²) in [6, 6.07) is 8.56. The van der Waals surface area contributed by atoms with Crippen LogP contribution >= 0.6 is 11.8 Å². The first-order valence-corrected chi connectivity index (χ1v) is 6.74. The van der Waals surface area contributed by atoms with Gasteiger partial charge in [0.25, 0.3) is 0 Å². The third kappa shape index (κ3) is 5.75. The minimum absolute atomic E-state index is 0.223. The Morgan fingerprint density at radius 3 is 2.65 bits per heavy atom. The summed E-state index contributed by atoms with van der Waals surface area (Å²) in [5.41, 5.74) is 1.28. The highest BCUT2D eigenvalue weighted by atomic mass is 32.2. The van der Waals surface area contributed by atoms with Crippen molar-refractivity contribution in [2.45, 2.75) is 18.2 Å². The number of rotatable bonds is 7. The van der Waals surface area contributed by atoms with Gasteiger partial charge in [0.05, 0.1) is 13.7 Å². The molecule has 0 aliphatic heterocycles. The van der Waals surface area contributed by atoms with Gasteiger partial charge in [-0.15, -0.1) is 11.8 Å². The number of esters is 1. The lowest BCUT2D eigenvalue weighted by molar-refractivity contribution is -0.139. The summed E-state index contributed by atoms with van der Waals surface area (Å²) in [7, 11) is 1.40. The smallest absolute Gasteiger partial charge is 0.319 e. The summed E-state index contributed by atoms with van der Waals surface area (Å²) in [6.45, 7) is 3.21. The Bertz CT molecular complexity index is 338. The second kappa shape index (κ2) is 8.14. The molecular formula is C13H19NO2S. The standard InChI is InChI=1S/C13H19NO2S/c1-3-17-12-6-4-11(5-7-12)8-9-14-10-13(15)16-2/h4-7,14H,3,8-10H2,1-2H3. The van der Waals surface area contributed by atoms with Crippen molar-refractivity contribution in [1.82, 2.24) is 5.32 Å². The van der Waals surface area contributed by atoms with Gasteiger partial charge in [-0.1, -0.05) is 19.1 Å². The molecule has 94 valence electrons. The molecule has 0 heterocycles. The Morgan fingerprint density at radius 2 is 2.06 bits per heavy atom.